The Balaban J connectivity index is 1.44. The molecule has 3 heterocycles. The van der Waals surface area contributed by atoms with Crippen LogP contribution in [0, 0.1) is 0 Å². The lowest BCUT2D eigenvalue weighted by Crippen LogP contribution is -2.54. The molecular weight excluding hydrogens is 410 g/mol. The van der Waals surface area contributed by atoms with Gasteiger partial charge in [0.1, 0.15) is 18.5 Å². The van der Waals surface area contributed by atoms with Crippen molar-refractivity contribution < 1.29 is 23.9 Å². The van der Waals surface area contributed by atoms with Gasteiger partial charge < -0.3 is 24.6 Å². The molecule has 0 radical (unpaired) electrons. The number of ether oxygens (including phenoxy) is 2. The van der Waals surface area contributed by atoms with Crippen LogP contribution in [0.2, 0.25) is 0 Å². The van der Waals surface area contributed by atoms with Crippen molar-refractivity contribution in [3.05, 3.63) is 23.8 Å². The number of anilines is 1. The molecule has 1 aromatic carbocycles. The molecule has 3 amide bonds. The van der Waals surface area contributed by atoms with Crippen LogP contribution in [-0.4, -0.2) is 72.5 Å². The first-order chi connectivity index (χ1) is 15.5. The Kier molecular flexibility index (Phi) is 6.98. The Labute approximate surface area is 189 Å². The molecule has 0 aromatic heterocycles. The van der Waals surface area contributed by atoms with Crippen LogP contribution in [0.15, 0.2) is 18.2 Å². The summed E-state index contributed by atoms with van der Waals surface area (Å²) >= 11 is 0. The molecule has 3 atom stereocenters. The average Bonchev–Trinajstić information content (AvgIpc) is 2.82. The Morgan fingerprint density at radius 1 is 1.16 bits per heavy atom. The highest BCUT2D eigenvalue weighted by Crippen LogP contribution is 2.32. The van der Waals surface area contributed by atoms with Gasteiger partial charge in [0, 0.05) is 32.2 Å². The van der Waals surface area contributed by atoms with E-state index < -0.39 is 0 Å². The van der Waals surface area contributed by atoms with Gasteiger partial charge in [-0.25, -0.2) is 0 Å². The lowest BCUT2D eigenvalue weighted by atomic mass is 9.94. The van der Waals surface area contributed by atoms with Crippen LogP contribution in [0.25, 0.3) is 0 Å². The Bertz CT molecular complexity index is 867. The van der Waals surface area contributed by atoms with Gasteiger partial charge in [-0.1, -0.05) is 6.92 Å². The molecule has 0 aliphatic carbocycles. The van der Waals surface area contributed by atoms with Gasteiger partial charge in [0.15, 0.2) is 0 Å². The standard InChI is InChI=1S/C24H33N3O5/c1-3-22(28)25-16-7-10-20-18(13-16)24(30)26(2)19-9-8-17(32-21(19)15-31-20)14-23(29)27-11-5-4-6-12-27/h7,10,13,17,19,21H,3-6,8-9,11-12,14-15H2,1-2H3,(H,25,28)/t17-,19+,21+/m1/s1. The summed E-state index contributed by atoms with van der Waals surface area (Å²) in [6.45, 7) is 3.77. The van der Waals surface area contributed by atoms with Gasteiger partial charge >= 0.3 is 0 Å². The number of hydrogen-bond acceptors (Lipinski definition) is 5. The number of piperidine rings is 1. The van der Waals surface area contributed by atoms with Gasteiger partial charge in [0.2, 0.25) is 11.8 Å². The molecule has 174 valence electrons. The number of likely N-dealkylation sites (tertiary alicyclic amines) is 1. The third kappa shape index (κ3) is 4.90. The molecule has 8 nitrogen and oxygen atoms in total. The SMILES string of the molecule is CCC(=O)Nc1ccc2c(c1)C(=O)N(C)[C@H]1CC[C@H](CC(=O)N3CCCCC3)O[C@H]1CO2. The van der Waals surface area contributed by atoms with Crippen molar-refractivity contribution in [1.29, 1.82) is 0 Å². The number of benzene rings is 1. The van der Waals surface area contributed by atoms with Crippen LogP contribution in [-0.2, 0) is 14.3 Å². The first-order valence-electron chi connectivity index (χ1n) is 11.7. The smallest absolute Gasteiger partial charge is 0.257 e. The van der Waals surface area contributed by atoms with Crippen LogP contribution in [0.1, 0.15) is 62.2 Å². The number of carbonyl (C=O) groups is 3. The summed E-state index contributed by atoms with van der Waals surface area (Å²) in [6.07, 6.45) is 5.15. The number of hydrogen-bond donors (Lipinski definition) is 1. The number of nitrogens with zero attached hydrogens (tertiary/aromatic N) is 2. The molecule has 1 aromatic rings. The van der Waals surface area contributed by atoms with E-state index in [1.807, 2.05) is 4.90 Å². The van der Waals surface area contributed by atoms with Gasteiger partial charge in [-0.05, 0) is 50.3 Å². The van der Waals surface area contributed by atoms with Crippen LogP contribution in [0.3, 0.4) is 0 Å². The summed E-state index contributed by atoms with van der Waals surface area (Å²) in [4.78, 5) is 41.3. The maximum absolute atomic E-state index is 13.2. The van der Waals surface area contributed by atoms with Gasteiger partial charge in [0.25, 0.3) is 5.91 Å². The van der Waals surface area contributed by atoms with E-state index in [1.54, 1.807) is 37.1 Å². The number of carbonyl (C=O) groups excluding carboxylic acids is 3. The molecule has 4 rings (SSSR count). The minimum atomic E-state index is -0.288. The van der Waals surface area contributed by atoms with Crippen molar-refractivity contribution in [2.75, 3.05) is 32.1 Å². The largest absolute Gasteiger partial charge is 0.490 e. The highest BCUT2D eigenvalue weighted by molar-refractivity contribution is 5.99. The Morgan fingerprint density at radius 3 is 2.69 bits per heavy atom. The molecule has 2 fully saturated rings. The fourth-order valence-electron chi connectivity index (χ4n) is 4.82. The van der Waals surface area contributed by atoms with Crippen molar-refractivity contribution in [2.45, 2.75) is 70.1 Å². The second kappa shape index (κ2) is 9.90. The van der Waals surface area contributed by atoms with Crippen LogP contribution in [0.5, 0.6) is 5.75 Å². The lowest BCUT2D eigenvalue weighted by molar-refractivity contribution is -0.143. The van der Waals surface area contributed by atoms with Gasteiger partial charge in [-0.15, -0.1) is 0 Å². The summed E-state index contributed by atoms with van der Waals surface area (Å²) in [7, 11) is 1.79. The van der Waals surface area contributed by atoms with Crippen molar-refractivity contribution in [2.24, 2.45) is 0 Å². The second-order valence-corrected chi connectivity index (χ2v) is 8.93. The van der Waals surface area contributed by atoms with Crippen LogP contribution >= 0.6 is 0 Å². The minimum Gasteiger partial charge on any atom is -0.490 e. The monoisotopic (exact) mass is 443 g/mol. The van der Waals surface area contributed by atoms with E-state index >= 15 is 0 Å². The molecule has 3 aliphatic heterocycles. The van der Waals surface area contributed by atoms with Crippen molar-refractivity contribution >= 4 is 23.4 Å². The van der Waals surface area contributed by atoms with E-state index in [4.69, 9.17) is 9.47 Å². The molecule has 0 unspecified atom stereocenters. The molecular formula is C24H33N3O5. The predicted octanol–water partition coefficient (Wildman–Crippen LogP) is 2.82. The molecule has 3 aliphatic rings. The normalized spacial score (nSPS) is 25.7. The third-order valence-electron chi connectivity index (χ3n) is 6.73. The van der Waals surface area contributed by atoms with E-state index in [-0.39, 0.29) is 36.0 Å². The van der Waals surface area contributed by atoms with E-state index in [2.05, 4.69) is 5.32 Å². The summed E-state index contributed by atoms with van der Waals surface area (Å²) in [5.41, 5.74) is 1.01. The lowest BCUT2D eigenvalue weighted by Gasteiger charge is -2.42. The highest BCUT2D eigenvalue weighted by Gasteiger charge is 2.39. The van der Waals surface area contributed by atoms with Gasteiger partial charge in [0.05, 0.1) is 24.1 Å². The third-order valence-corrected chi connectivity index (χ3v) is 6.73. The van der Waals surface area contributed by atoms with Crippen LogP contribution in [0.4, 0.5) is 5.69 Å². The first-order valence-corrected chi connectivity index (χ1v) is 11.7. The molecule has 0 spiro atoms. The average molecular weight is 444 g/mol. The van der Waals surface area contributed by atoms with E-state index in [0.29, 0.717) is 36.4 Å². The first kappa shape index (κ1) is 22.6. The quantitative estimate of drug-likeness (QED) is 0.773. The van der Waals surface area contributed by atoms with E-state index in [9.17, 15) is 14.4 Å². The van der Waals surface area contributed by atoms with Crippen molar-refractivity contribution in [3.8, 4) is 5.75 Å². The molecule has 0 bridgehead atoms. The van der Waals surface area contributed by atoms with Crippen molar-refractivity contribution in [3.63, 3.8) is 0 Å². The van der Waals surface area contributed by atoms with E-state index in [1.165, 1.54) is 6.42 Å². The number of nitrogens with one attached hydrogen (secondary N) is 1. The topological polar surface area (TPSA) is 88.2 Å². The van der Waals surface area contributed by atoms with Crippen LogP contribution < -0.4 is 10.1 Å². The minimum absolute atomic E-state index is 0.108. The van der Waals surface area contributed by atoms with E-state index in [0.717, 1.165) is 38.8 Å². The number of amides is 3. The molecule has 0 saturated carbocycles. The summed E-state index contributed by atoms with van der Waals surface area (Å²) < 4.78 is 12.3. The van der Waals surface area contributed by atoms with Gasteiger partial charge in [-0.2, -0.15) is 0 Å². The zero-order chi connectivity index (χ0) is 22.7. The summed E-state index contributed by atoms with van der Waals surface area (Å²) in [5, 5.41) is 2.79. The van der Waals surface area contributed by atoms with Crippen molar-refractivity contribution in [1.82, 2.24) is 9.80 Å². The molecule has 8 heteroatoms. The number of rotatable bonds is 4. The summed E-state index contributed by atoms with van der Waals surface area (Å²) in [5.74, 6) is 0.374. The fourth-order valence-corrected chi connectivity index (χ4v) is 4.82. The Hall–Kier alpha value is -2.61. The zero-order valence-corrected chi connectivity index (χ0v) is 19.0. The predicted molar refractivity (Wildman–Crippen MR) is 120 cm³/mol. The molecule has 32 heavy (non-hydrogen) atoms. The van der Waals surface area contributed by atoms with Gasteiger partial charge in [-0.3, -0.25) is 14.4 Å². The fraction of sp³-hybridized carbons (Fsp3) is 0.625. The maximum Gasteiger partial charge on any atom is 0.257 e. The maximum atomic E-state index is 13.2. The number of likely N-dealkylation sites (N-methyl/N-ethyl adjacent to an activating group) is 1. The molecule has 1 N–H and O–H groups in total. The molecule has 2 saturated heterocycles. The Morgan fingerprint density at radius 2 is 1.94 bits per heavy atom. The zero-order valence-electron chi connectivity index (χ0n) is 19.0. The summed E-state index contributed by atoms with van der Waals surface area (Å²) in [6, 6.07) is 5.00. The number of fused-ring (bicyclic) bond motifs is 2. The highest BCUT2D eigenvalue weighted by atomic mass is 16.5. The second-order valence-electron chi connectivity index (χ2n) is 8.93.